The second-order valence-electron chi connectivity index (χ2n) is 5.72. The Balaban J connectivity index is 2.33. The molecule has 0 aliphatic rings. The van der Waals surface area contributed by atoms with E-state index in [0.29, 0.717) is 18.0 Å². The summed E-state index contributed by atoms with van der Waals surface area (Å²) in [7, 11) is 0. The minimum Gasteiger partial charge on any atom is -0.307 e. The van der Waals surface area contributed by atoms with Crippen LogP contribution in [0, 0.1) is 12.8 Å². The molecule has 0 aromatic carbocycles. The van der Waals surface area contributed by atoms with E-state index in [9.17, 15) is 4.79 Å². The number of rotatable bonds is 5. The fourth-order valence-corrected chi connectivity index (χ4v) is 2.36. The standard InChI is InChI=1S/C16H23N5O/c1-6-20(14-7-8-17-18-9-14)16(22)15-10-19-21(13(15)5)12(4)11(2)3/h7-12H,6H2,1-5H3/t12-/m1/s1. The molecule has 6 nitrogen and oxygen atoms in total. The fourth-order valence-electron chi connectivity index (χ4n) is 2.36. The third-order valence-corrected chi connectivity index (χ3v) is 4.07. The van der Waals surface area contributed by atoms with Crippen molar-refractivity contribution in [1.29, 1.82) is 0 Å². The first-order valence-electron chi connectivity index (χ1n) is 7.60. The van der Waals surface area contributed by atoms with Gasteiger partial charge in [-0.25, -0.2) is 0 Å². The quantitative estimate of drug-likeness (QED) is 0.852. The van der Waals surface area contributed by atoms with Crippen molar-refractivity contribution in [3.63, 3.8) is 0 Å². The van der Waals surface area contributed by atoms with Gasteiger partial charge in [-0.2, -0.15) is 15.3 Å². The zero-order valence-corrected chi connectivity index (χ0v) is 13.8. The van der Waals surface area contributed by atoms with Crippen LogP contribution >= 0.6 is 0 Å². The van der Waals surface area contributed by atoms with Crippen LogP contribution < -0.4 is 4.90 Å². The highest BCUT2D eigenvalue weighted by molar-refractivity contribution is 6.06. The maximum Gasteiger partial charge on any atom is 0.261 e. The summed E-state index contributed by atoms with van der Waals surface area (Å²) in [6.07, 6.45) is 4.84. The Morgan fingerprint density at radius 1 is 1.27 bits per heavy atom. The molecule has 6 heteroatoms. The topological polar surface area (TPSA) is 63.9 Å². The van der Waals surface area contributed by atoms with Crippen molar-refractivity contribution in [2.75, 3.05) is 11.4 Å². The van der Waals surface area contributed by atoms with Crippen molar-refractivity contribution in [3.05, 3.63) is 35.9 Å². The number of aromatic nitrogens is 4. The fraction of sp³-hybridized carbons (Fsp3) is 0.500. The lowest BCUT2D eigenvalue weighted by Gasteiger charge is -2.21. The van der Waals surface area contributed by atoms with E-state index < -0.39 is 0 Å². The van der Waals surface area contributed by atoms with E-state index in [-0.39, 0.29) is 11.9 Å². The van der Waals surface area contributed by atoms with Gasteiger partial charge in [-0.15, -0.1) is 0 Å². The molecule has 2 aromatic rings. The molecule has 1 amide bonds. The Labute approximate surface area is 131 Å². The van der Waals surface area contributed by atoms with Gasteiger partial charge in [0.25, 0.3) is 5.91 Å². The highest BCUT2D eigenvalue weighted by atomic mass is 16.2. The summed E-state index contributed by atoms with van der Waals surface area (Å²) in [5.41, 5.74) is 2.27. The SMILES string of the molecule is CCN(C(=O)c1cnn([C@H](C)C(C)C)c1C)c1ccnnc1. The Hall–Kier alpha value is -2.24. The lowest BCUT2D eigenvalue weighted by molar-refractivity contribution is 0.0987. The monoisotopic (exact) mass is 301 g/mol. The van der Waals surface area contributed by atoms with Crippen molar-refractivity contribution in [2.45, 2.75) is 40.7 Å². The van der Waals surface area contributed by atoms with Crippen molar-refractivity contribution < 1.29 is 4.79 Å². The van der Waals surface area contributed by atoms with Gasteiger partial charge < -0.3 is 4.90 Å². The first-order chi connectivity index (χ1) is 10.5. The Morgan fingerprint density at radius 2 is 2.00 bits per heavy atom. The van der Waals surface area contributed by atoms with Crippen LogP contribution in [0.15, 0.2) is 24.7 Å². The second-order valence-corrected chi connectivity index (χ2v) is 5.72. The van der Waals surface area contributed by atoms with Crippen LogP contribution in [0.25, 0.3) is 0 Å². The number of anilines is 1. The zero-order chi connectivity index (χ0) is 16.3. The van der Waals surface area contributed by atoms with Gasteiger partial charge >= 0.3 is 0 Å². The second kappa shape index (κ2) is 6.68. The van der Waals surface area contributed by atoms with Gasteiger partial charge in [-0.1, -0.05) is 13.8 Å². The van der Waals surface area contributed by atoms with E-state index in [0.717, 1.165) is 11.4 Å². The third kappa shape index (κ3) is 3.00. The smallest absolute Gasteiger partial charge is 0.261 e. The van der Waals surface area contributed by atoms with Crippen molar-refractivity contribution in [1.82, 2.24) is 20.0 Å². The van der Waals surface area contributed by atoms with E-state index in [2.05, 4.69) is 36.1 Å². The molecule has 2 heterocycles. The van der Waals surface area contributed by atoms with E-state index in [4.69, 9.17) is 0 Å². The molecular formula is C16H23N5O. The largest absolute Gasteiger partial charge is 0.307 e. The summed E-state index contributed by atoms with van der Waals surface area (Å²) in [6, 6.07) is 2.03. The van der Waals surface area contributed by atoms with Crippen LogP contribution in [0.4, 0.5) is 5.69 Å². The molecule has 0 unspecified atom stereocenters. The van der Waals surface area contributed by atoms with Gasteiger partial charge in [0, 0.05) is 12.2 Å². The molecule has 0 bridgehead atoms. The summed E-state index contributed by atoms with van der Waals surface area (Å²) >= 11 is 0. The van der Waals surface area contributed by atoms with Gasteiger partial charge in [-0.3, -0.25) is 9.48 Å². The van der Waals surface area contributed by atoms with Crippen molar-refractivity contribution >= 4 is 11.6 Å². The van der Waals surface area contributed by atoms with E-state index in [1.807, 2.05) is 18.5 Å². The number of nitrogens with zero attached hydrogens (tertiary/aromatic N) is 5. The molecule has 0 aliphatic carbocycles. The molecule has 0 aliphatic heterocycles. The van der Waals surface area contributed by atoms with Crippen LogP contribution in [-0.4, -0.2) is 32.4 Å². The molecule has 0 radical (unpaired) electrons. The Bertz CT molecular complexity index is 635. The average molecular weight is 301 g/mol. The number of amides is 1. The maximum atomic E-state index is 12.8. The molecule has 0 N–H and O–H groups in total. The highest BCUT2D eigenvalue weighted by Crippen LogP contribution is 2.22. The molecule has 0 spiro atoms. The van der Waals surface area contributed by atoms with E-state index in [1.165, 1.54) is 0 Å². The van der Waals surface area contributed by atoms with Crippen LogP contribution in [0.5, 0.6) is 0 Å². The molecular weight excluding hydrogens is 278 g/mol. The Kier molecular flexibility index (Phi) is 4.90. The predicted molar refractivity (Wildman–Crippen MR) is 85.9 cm³/mol. The number of carbonyl (C=O) groups excluding carboxylic acids is 1. The zero-order valence-electron chi connectivity index (χ0n) is 13.8. The van der Waals surface area contributed by atoms with Crippen molar-refractivity contribution in [3.8, 4) is 0 Å². The molecule has 0 saturated heterocycles. The maximum absolute atomic E-state index is 12.8. The van der Waals surface area contributed by atoms with Crippen LogP contribution in [0.1, 0.15) is 49.8 Å². The number of carbonyl (C=O) groups is 1. The van der Waals surface area contributed by atoms with Gasteiger partial charge in [0.2, 0.25) is 0 Å². The number of hydrogen-bond donors (Lipinski definition) is 0. The van der Waals surface area contributed by atoms with Crippen LogP contribution in [-0.2, 0) is 0 Å². The summed E-state index contributed by atoms with van der Waals surface area (Å²) in [5, 5.41) is 12.0. The van der Waals surface area contributed by atoms with Crippen LogP contribution in [0.3, 0.4) is 0 Å². The normalized spacial score (nSPS) is 12.5. The average Bonchev–Trinajstić information content (AvgIpc) is 2.89. The molecule has 118 valence electrons. The first-order valence-corrected chi connectivity index (χ1v) is 7.60. The minimum absolute atomic E-state index is 0.0600. The summed E-state index contributed by atoms with van der Waals surface area (Å²) in [4.78, 5) is 14.5. The molecule has 2 rings (SSSR count). The third-order valence-electron chi connectivity index (χ3n) is 4.07. The molecule has 0 saturated carbocycles. The molecule has 1 atom stereocenters. The van der Waals surface area contributed by atoms with Crippen molar-refractivity contribution in [2.24, 2.45) is 5.92 Å². The summed E-state index contributed by atoms with van der Waals surface area (Å²) in [5.74, 6) is 0.392. The molecule has 22 heavy (non-hydrogen) atoms. The molecule has 0 fully saturated rings. The lowest BCUT2D eigenvalue weighted by Crippen LogP contribution is -2.31. The van der Waals surface area contributed by atoms with E-state index in [1.54, 1.807) is 29.6 Å². The summed E-state index contributed by atoms with van der Waals surface area (Å²) < 4.78 is 1.93. The van der Waals surface area contributed by atoms with E-state index >= 15 is 0 Å². The number of hydrogen-bond acceptors (Lipinski definition) is 4. The first kappa shape index (κ1) is 16.1. The highest BCUT2D eigenvalue weighted by Gasteiger charge is 2.23. The van der Waals surface area contributed by atoms with Gasteiger partial charge in [-0.05, 0) is 32.8 Å². The minimum atomic E-state index is -0.0600. The predicted octanol–water partition coefficient (Wildman–Crippen LogP) is 2.87. The van der Waals surface area contributed by atoms with Crippen LogP contribution in [0.2, 0.25) is 0 Å². The summed E-state index contributed by atoms with van der Waals surface area (Å²) in [6.45, 7) is 10.9. The van der Waals surface area contributed by atoms with Gasteiger partial charge in [0.05, 0.1) is 35.9 Å². The van der Waals surface area contributed by atoms with Gasteiger partial charge in [0.1, 0.15) is 0 Å². The Morgan fingerprint density at radius 3 is 2.55 bits per heavy atom. The van der Waals surface area contributed by atoms with Gasteiger partial charge in [0.15, 0.2) is 0 Å². The molecule has 2 aromatic heterocycles. The lowest BCUT2D eigenvalue weighted by atomic mass is 10.1.